The Balaban J connectivity index is 0.00000342. The van der Waals surface area contributed by atoms with Gasteiger partial charge < -0.3 is 10.0 Å². The lowest BCUT2D eigenvalue weighted by Gasteiger charge is -2.36. The molecule has 0 aliphatic carbocycles. The summed E-state index contributed by atoms with van der Waals surface area (Å²) in [5, 5.41) is 9.83. The molecule has 4 rings (SSSR count). The maximum absolute atomic E-state index is 12.0. The van der Waals surface area contributed by atoms with Gasteiger partial charge in [-0.2, -0.15) is 0 Å². The van der Waals surface area contributed by atoms with Gasteiger partial charge in [0.2, 0.25) is 0 Å². The Morgan fingerprint density at radius 3 is 2.09 bits per heavy atom. The predicted molar refractivity (Wildman–Crippen MR) is 145 cm³/mol. The van der Waals surface area contributed by atoms with E-state index in [0.717, 1.165) is 57.5 Å². The van der Waals surface area contributed by atoms with Crippen molar-refractivity contribution in [3.8, 4) is 0 Å². The number of pyridine rings is 1. The molecule has 2 heterocycles. The Morgan fingerprint density at radius 2 is 1.49 bits per heavy atom. The molecule has 0 radical (unpaired) electrons. The van der Waals surface area contributed by atoms with Gasteiger partial charge in [-0.25, -0.2) is 9.78 Å². The van der Waals surface area contributed by atoms with Crippen LogP contribution < -0.4 is 4.90 Å². The van der Waals surface area contributed by atoms with E-state index in [2.05, 4.69) is 69.4 Å². The van der Waals surface area contributed by atoms with E-state index >= 15 is 0 Å². The van der Waals surface area contributed by atoms with Gasteiger partial charge in [0.15, 0.2) is 0 Å². The van der Waals surface area contributed by atoms with Crippen LogP contribution in [0.5, 0.6) is 0 Å². The number of aromatic carboxylic acids is 1. The Kier molecular flexibility index (Phi) is 9.70. The van der Waals surface area contributed by atoms with Crippen molar-refractivity contribution in [1.29, 1.82) is 0 Å². The fourth-order valence-corrected chi connectivity index (χ4v) is 4.73. The van der Waals surface area contributed by atoms with E-state index in [-0.39, 0.29) is 18.3 Å². The van der Waals surface area contributed by atoms with Crippen LogP contribution >= 0.6 is 12.4 Å². The molecule has 0 bridgehead atoms. The lowest BCUT2D eigenvalue weighted by Crippen LogP contribution is -2.46. The number of nitrogens with zero attached hydrogens (tertiary/aromatic N) is 3. The number of halogens is 1. The SMILES string of the molecule is CC(C)c1ccnc(N2CCN(Cc3ccc(CCCc4ccccc4)cc3)CC2)c1C(=O)O.Cl. The van der Waals surface area contributed by atoms with Crippen molar-refractivity contribution in [1.82, 2.24) is 9.88 Å². The minimum absolute atomic E-state index is 0. The van der Waals surface area contributed by atoms with Crippen LogP contribution in [0.2, 0.25) is 0 Å². The fourth-order valence-electron chi connectivity index (χ4n) is 4.73. The number of aryl methyl sites for hydroxylation is 2. The number of hydrogen-bond donors (Lipinski definition) is 1. The van der Waals surface area contributed by atoms with Crippen molar-refractivity contribution in [3.05, 3.63) is 94.7 Å². The van der Waals surface area contributed by atoms with Crippen LogP contribution in [-0.2, 0) is 19.4 Å². The first-order chi connectivity index (χ1) is 16.5. The number of aromatic nitrogens is 1. The molecule has 1 saturated heterocycles. The normalized spacial score (nSPS) is 14.1. The quantitative estimate of drug-likeness (QED) is 0.407. The van der Waals surface area contributed by atoms with E-state index in [9.17, 15) is 9.90 Å². The van der Waals surface area contributed by atoms with Gasteiger partial charge >= 0.3 is 5.97 Å². The molecule has 35 heavy (non-hydrogen) atoms. The molecule has 1 aliphatic rings. The fraction of sp³-hybridized carbons (Fsp3) is 0.379. The molecular weight excluding hydrogens is 458 g/mol. The molecular formula is C29H36ClN3O2. The first kappa shape index (κ1) is 26.7. The zero-order valence-corrected chi connectivity index (χ0v) is 21.5. The molecule has 2 aromatic carbocycles. The molecule has 5 nitrogen and oxygen atoms in total. The Labute approximate surface area is 215 Å². The second-order valence-corrected chi connectivity index (χ2v) is 9.48. The minimum atomic E-state index is -0.891. The van der Waals surface area contributed by atoms with Crippen LogP contribution in [0, 0.1) is 0 Å². The largest absolute Gasteiger partial charge is 0.478 e. The second-order valence-electron chi connectivity index (χ2n) is 9.48. The lowest BCUT2D eigenvalue weighted by atomic mass is 9.98. The summed E-state index contributed by atoms with van der Waals surface area (Å²) >= 11 is 0. The first-order valence-corrected chi connectivity index (χ1v) is 12.3. The summed E-state index contributed by atoms with van der Waals surface area (Å²) in [4.78, 5) is 21.0. The number of hydrogen-bond acceptors (Lipinski definition) is 4. The second kappa shape index (κ2) is 12.7. The minimum Gasteiger partial charge on any atom is -0.478 e. The van der Waals surface area contributed by atoms with Gasteiger partial charge in [-0.05, 0) is 53.5 Å². The highest BCUT2D eigenvalue weighted by molar-refractivity contribution is 5.95. The van der Waals surface area contributed by atoms with Gasteiger partial charge in [0.25, 0.3) is 0 Å². The summed E-state index contributed by atoms with van der Waals surface area (Å²) in [5.41, 5.74) is 5.32. The van der Waals surface area contributed by atoms with Crippen molar-refractivity contribution < 1.29 is 9.90 Å². The maximum atomic E-state index is 12.0. The average Bonchev–Trinajstić information content (AvgIpc) is 2.85. The van der Waals surface area contributed by atoms with E-state index in [1.54, 1.807) is 6.20 Å². The number of carboxylic acids is 1. The van der Waals surface area contributed by atoms with E-state index in [4.69, 9.17) is 0 Å². The van der Waals surface area contributed by atoms with Gasteiger partial charge in [0.1, 0.15) is 11.4 Å². The molecule has 186 valence electrons. The van der Waals surface area contributed by atoms with Gasteiger partial charge in [-0.3, -0.25) is 4.90 Å². The molecule has 0 saturated carbocycles. The molecule has 0 unspecified atom stereocenters. The van der Waals surface area contributed by atoms with Gasteiger partial charge in [0, 0.05) is 38.9 Å². The average molecular weight is 494 g/mol. The Hall–Kier alpha value is -2.89. The zero-order valence-electron chi connectivity index (χ0n) is 20.7. The summed E-state index contributed by atoms with van der Waals surface area (Å²) in [5.74, 6) is -0.133. The summed E-state index contributed by atoms with van der Waals surface area (Å²) in [6.07, 6.45) is 5.12. The highest BCUT2D eigenvalue weighted by atomic mass is 35.5. The van der Waals surface area contributed by atoms with Gasteiger partial charge in [-0.1, -0.05) is 68.4 Å². The highest BCUT2D eigenvalue weighted by Crippen LogP contribution is 2.28. The molecule has 1 aromatic heterocycles. The molecule has 6 heteroatoms. The lowest BCUT2D eigenvalue weighted by molar-refractivity contribution is 0.0695. The van der Waals surface area contributed by atoms with E-state index in [1.807, 2.05) is 19.9 Å². The van der Waals surface area contributed by atoms with Crippen LogP contribution in [0.1, 0.15) is 58.8 Å². The number of rotatable bonds is 9. The molecule has 1 N–H and O–H groups in total. The standard InChI is InChI=1S/C29H35N3O2.ClH/c1-22(2)26-15-16-30-28(27(26)29(33)34)32-19-17-31(18-20-32)21-25-13-11-24(12-14-25)10-6-9-23-7-4-3-5-8-23;/h3-5,7-8,11-16,22H,6,9-10,17-21H2,1-2H3,(H,33,34);1H. The van der Waals surface area contributed by atoms with Gasteiger partial charge in [-0.15, -0.1) is 12.4 Å². The number of piperazine rings is 1. The summed E-state index contributed by atoms with van der Waals surface area (Å²) < 4.78 is 0. The number of benzene rings is 2. The van der Waals surface area contributed by atoms with Crippen molar-refractivity contribution >= 4 is 24.2 Å². The van der Waals surface area contributed by atoms with Gasteiger partial charge in [0.05, 0.1) is 0 Å². The van der Waals surface area contributed by atoms with Crippen molar-refractivity contribution in [2.75, 3.05) is 31.1 Å². The number of carbonyl (C=O) groups is 1. The maximum Gasteiger partial charge on any atom is 0.339 e. The zero-order chi connectivity index (χ0) is 23.9. The molecule has 1 fully saturated rings. The first-order valence-electron chi connectivity index (χ1n) is 12.3. The predicted octanol–water partition coefficient (Wildman–Crippen LogP) is 5.82. The molecule has 0 amide bonds. The molecule has 3 aromatic rings. The van der Waals surface area contributed by atoms with Crippen LogP contribution in [0.3, 0.4) is 0 Å². The van der Waals surface area contributed by atoms with Crippen LogP contribution in [-0.4, -0.2) is 47.1 Å². The van der Waals surface area contributed by atoms with Crippen LogP contribution in [0.15, 0.2) is 66.9 Å². The van der Waals surface area contributed by atoms with E-state index in [0.29, 0.717) is 11.4 Å². The third-order valence-corrected chi connectivity index (χ3v) is 6.67. The molecule has 0 spiro atoms. The van der Waals surface area contributed by atoms with Crippen molar-refractivity contribution in [3.63, 3.8) is 0 Å². The summed E-state index contributed by atoms with van der Waals surface area (Å²) in [6, 6.07) is 21.5. The number of carboxylic acid groups (broad SMARTS) is 1. The van der Waals surface area contributed by atoms with E-state index < -0.39 is 5.97 Å². The topological polar surface area (TPSA) is 56.7 Å². The van der Waals surface area contributed by atoms with Crippen LogP contribution in [0.4, 0.5) is 5.82 Å². The number of anilines is 1. The van der Waals surface area contributed by atoms with Crippen molar-refractivity contribution in [2.24, 2.45) is 0 Å². The van der Waals surface area contributed by atoms with E-state index in [1.165, 1.54) is 16.7 Å². The highest BCUT2D eigenvalue weighted by Gasteiger charge is 2.25. The van der Waals surface area contributed by atoms with Crippen LogP contribution in [0.25, 0.3) is 0 Å². The summed E-state index contributed by atoms with van der Waals surface area (Å²) in [6.45, 7) is 8.33. The smallest absolute Gasteiger partial charge is 0.339 e. The molecule has 0 atom stereocenters. The third kappa shape index (κ3) is 7.06. The molecule has 1 aliphatic heterocycles. The third-order valence-electron chi connectivity index (χ3n) is 6.67. The Bertz CT molecular complexity index is 1080. The Morgan fingerprint density at radius 1 is 0.886 bits per heavy atom. The monoisotopic (exact) mass is 493 g/mol. The van der Waals surface area contributed by atoms with Crippen molar-refractivity contribution in [2.45, 2.75) is 45.6 Å². The summed E-state index contributed by atoms with van der Waals surface area (Å²) in [7, 11) is 0.